The third-order valence-electron chi connectivity index (χ3n) is 3.49. The van der Waals surface area contributed by atoms with E-state index in [4.69, 9.17) is 0 Å². The van der Waals surface area contributed by atoms with E-state index < -0.39 is 0 Å². The standard InChI is InChI=1S/C17H13N7/c1-2-6-14(7-3-1)24-17-15(11-22-24)16(19-12-20-17)23-21-10-13-5-4-8-18-9-13/h1-9,11-12H,10H2. The number of hydrogen-bond donors (Lipinski definition) is 0. The topological polar surface area (TPSA) is 81.2 Å². The van der Waals surface area contributed by atoms with E-state index in [-0.39, 0.29) is 0 Å². The Labute approximate surface area is 137 Å². The van der Waals surface area contributed by atoms with E-state index >= 15 is 0 Å². The second-order valence-electron chi connectivity index (χ2n) is 5.09. The molecular weight excluding hydrogens is 302 g/mol. The quantitative estimate of drug-likeness (QED) is 0.540. The van der Waals surface area contributed by atoms with E-state index in [1.165, 1.54) is 6.33 Å². The molecule has 0 fully saturated rings. The van der Waals surface area contributed by atoms with Crippen molar-refractivity contribution in [2.45, 2.75) is 6.54 Å². The molecule has 0 aliphatic heterocycles. The summed E-state index contributed by atoms with van der Waals surface area (Å²) in [6, 6.07) is 13.6. The first-order valence-corrected chi connectivity index (χ1v) is 7.42. The molecule has 0 aliphatic rings. The number of rotatable bonds is 4. The van der Waals surface area contributed by atoms with Crippen molar-refractivity contribution in [3.63, 3.8) is 0 Å². The molecule has 4 rings (SSSR count). The van der Waals surface area contributed by atoms with Crippen LogP contribution in [0.2, 0.25) is 0 Å². The first-order chi connectivity index (χ1) is 11.9. The second-order valence-corrected chi connectivity index (χ2v) is 5.09. The normalized spacial score (nSPS) is 11.3. The molecule has 116 valence electrons. The zero-order chi connectivity index (χ0) is 16.2. The summed E-state index contributed by atoms with van der Waals surface area (Å²) in [6.45, 7) is 0.451. The van der Waals surface area contributed by atoms with Gasteiger partial charge >= 0.3 is 0 Å². The number of benzene rings is 1. The monoisotopic (exact) mass is 315 g/mol. The van der Waals surface area contributed by atoms with Gasteiger partial charge in [-0.25, -0.2) is 14.6 Å². The Kier molecular flexibility index (Phi) is 3.73. The van der Waals surface area contributed by atoms with Crippen molar-refractivity contribution in [3.8, 4) is 5.69 Å². The summed E-state index contributed by atoms with van der Waals surface area (Å²) in [5, 5.41) is 13.6. The molecule has 0 saturated heterocycles. The average molecular weight is 315 g/mol. The fourth-order valence-electron chi connectivity index (χ4n) is 2.35. The van der Waals surface area contributed by atoms with Crippen LogP contribution in [0.5, 0.6) is 0 Å². The summed E-state index contributed by atoms with van der Waals surface area (Å²) in [5.74, 6) is 0.506. The zero-order valence-corrected chi connectivity index (χ0v) is 12.7. The highest BCUT2D eigenvalue weighted by atomic mass is 15.3. The molecule has 0 unspecified atom stereocenters. The molecule has 1 aromatic carbocycles. The number of pyridine rings is 1. The third kappa shape index (κ3) is 2.74. The molecule has 0 aliphatic carbocycles. The van der Waals surface area contributed by atoms with Gasteiger partial charge in [-0.1, -0.05) is 24.3 Å². The minimum absolute atomic E-state index is 0.451. The van der Waals surface area contributed by atoms with Gasteiger partial charge < -0.3 is 0 Å². The summed E-state index contributed by atoms with van der Waals surface area (Å²) in [7, 11) is 0. The molecule has 0 radical (unpaired) electrons. The minimum Gasteiger partial charge on any atom is -0.264 e. The Morgan fingerprint density at radius 3 is 2.71 bits per heavy atom. The molecule has 0 saturated carbocycles. The predicted molar refractivity (Wildman–Crippen MR) is 89.1 cm³/mol. The summed E-state index contributed by atoms with van der Waals surface area (Å²) in [5.41, 5.74) is 2.63. The van der Waals surface area contributed by atoms with Crippen LogP contribution in [0.15, 0.2) is 77.6 Å². The van der Waals surface area contributed by atoms with Gasteiger partial charge in [0.25, 0.3) is 0 Å². The Morgan fingerprint density at radius 2 is 1.88 bits per heavy atom. The molecule has 24 heavy (non-hydrogen) atoms. The molecule has 0 spiro atoms. The molecule has 0 atom stereocenters. The summed E-state index contributed by atoms with van der Waals surface area (Å²) in [6.07, 6.45) is 6.68. The van der Waals surface area contributed by atoms with Crippen LogP contribution in [0.4, 0.5) is 5.82 Å². The lowest BCUT2D eigenvalue weighted by Gasteiger charge is -2.01. The highest BCUT2D eigenvalue weighted by molar-refractivity contribution is 5.85. The number of azo groups is 1. The largest absolute Gasteiger partial charge is 0.264 e. The summed E-state index contributed by atoms with van der Waals surface area (Å²) < 4.78 is 1.76. The van der Waals surface area contributed by atoms with Crippen LogP contribution < -0.4 is 0 Å². The van der Waals surface area contributed by atoms with Gasteiger partial charge in [-0.15, -0.1) is 5.11 Å². The molecule has 0 N–H and O–H groups in total. The van der Waals surface area contributed by atoms with Crippen LogP contribution in [0.3, 0.4) is 0 Å². The molecule has 0 amide bonds. The minimum atomic E-state index is 0.451. The summed E-state index contributed by atoms with van der Waals surface area (Å²) in [4.78, 5) is 12.6. The predicted octanol–water partition coefficient (Wildman–Crippen LogP) is 3.49. The van der Waals surface area contributed by atoms with Crippen molar-refractivity contribution >= 4 is 16.9 Å². The van der Waals surface area contributed by atoms with Gasteiger partial charge in [0.15, 0.2) is 11.5 Å². The summed E-state index contributed by atoms with van der Waals surface area (Å²) >= 11 is 0. The van der Waals surface area contributed by atoms with E-state index in [0.29, 0.717) is 18.0 Å². The van der Waals surface area contributed by atoms with Crippen LogP contribution >= 0.6 is 0 Å². The fraction of sp³-hybridized carbons (Fsp3) is 0.0588. The lowest BCUT2D eigenvalue weighted by Crippen LogP contribution is -1.96. The van der Waals surface area contributed by atoms with Crippen LogP contribution in [-0.4, -0.2) is 24.7 Å². The number of fused-ring (bicyclic) bond motifs is 1. The van der Waals surface area contributed by atoms with Crippen LogP contribution in [-0.2, 0) is 6.54 Å². The maximum absolute atomic E-state index is 4.39. The Balaban J connectivity index is 1.66. The van der Waals surface area contributed by atoms with Crippen molar-refractivity contribution in [2.24, 2.45) is 10.2 Å². The average Bonchev–Trinajstić information content (AvgIpc) is 3.08. The Bertz CT molecular complexity index is 978. The van der Waals surface area contributed by atoms with Gasteiger partial charge in [0.2, 0.25) is 0 Å². The van der Waals surface area contributed by atoms with Gasteiger partial charge in [-0.3, -0.25) is 4.98 Å². The highest BCUT2D eigenvalue weighted by Gasteiger charge is 2.10. The van der Waals surface area contributed by atoms with Gasteiger partial charge in [-0.05, 0) is 23.8 Å². The molecule has 4 aromatic rings. The highest BCUT2D eigenvalue weighted by Crippen LogP contribution is 2.23. The number of nitrogens with zero attached hydrogens (tertiary/aromatic N) is 7. The van der Waals surface area contributed by atoms with E-state index in [9.17, 15) is 0 Å². The van der Waals surface area contributed by atoms with Crippen LogP contribution in [0, 0.1) is 0 Å². The van der Waals surface area contributed by atoms with Gasteiger partial charge in [0.1, 0.15) is 6.33 Å². The molecule has 3 aromatic heterocycles. The Morgan fingerprint density at radius 1 is 0.958 bits per heavy atom. The SMILES string of the molecule is c1ccc(-n2ncc3c(N=NCc4cccnc4)ncnc32)cc1. The van der Waals surface area contributed by atoms with Crippen molar-refractivity contribution < 1.29 is 0 Å². The van der Waals surface area contributed by atoms with Gasteiger partial charge in [0, 0.05) is 12.4 Å². The number of hydrogen-bond acceptors (Lipinski definition) is 6. The third-order valence-corrected chi connectivity index (χ3v) is 3.49. The van der Waals surface area contributed by atoms with Crippen molar-refractivity contribution in [1.82, 2.24) is 24.7 Å². The van der Waals surface area contributed by atoms with Gasteiger partial charge in [-0.2, -0.15) is 10.2 Å². The van der Waals surface area contributed by atoms with Crippen LogP contribution in [0.25, 0.3) is 16.7 Å². The van der Waals surface area contributed by atoms with Crippen molar-refractivity contribution in [1.29, 1.82) is 0 Å². The molecule has 3 heterocycles. The smallest absolute Gasteiger partial charge is 0.188 e. The van der Waals surface area contributed by atoms with Crippen molar-refractivity contribution in [3.05, 3.63) is 72.9 Å². The second kappa shape index (κ2) is 6.33. The van der Waals surface area contributed by atoms with Gasteiger partial charge in [0.05, 0.1) is 23.8 Å². The Hall–Kier alpha value is -3.48. The van der Waals surface area contributed by atoms with E-state index in [1.54, 1.807) is 23.3 Å². The maximum atomic E-state index is 4.39. The molecular formula is C17H13N7. The number of para-hydroxylation sites is 1. The van der Waals surface area contributed by atoms with Crippen LogP contribution in [0.1, 0.15) is 5.56 Å². The lowest BCUT2D eigenvalue weighted by atomic mass is 10.3. The first kappa shape index (κ1) is 14.1. The maximum Gasteiger partial charge on any atom is 0.188 e. The van der Waals surface area contributed by atoms with E-state index in [1.807, 2.05) is 42.5 Å². The lowest BCUT2D eigenvalue weighted by molar-refractivity contribution is 0.894. The number of aromatic nitrogens is 5. The van der Waals surface area contributed by atoms with E-state index in [0.717, 1.165) is 16.6 Å². The molecule has 7 heteroatoms. The zero-order valence-electron chi connectivity index (χ0n) is 12.7. The molecule has 7 nitrogen and oxygen atoms in total. The van der Waals surface area contributed by atoms with E-state index in [2.05, 4.69) is 30.3 Å². The van der Waals surface area contributed by atoms with Crippen molar-refractivity contribution in [2.75, 3.05) is 0 Å². The first-order valence-electron chi connectivity index (χ1n) is 7.42. The fourth-order valence-corrected chi connectivity index (χ4v) is 2.35. The molecule has 0 bridgehead atoms.